The van der Waals surface area contributed by atoms with Gasteiger partial charge in [-0.05, 0) is 24.3 Å². The number of hydrogen-bond acceptors (Lipinski definition) is 5. The number of hydrogen-bond donors (Lipinski definition) is 1. The Balaban J connectivity index is 1.78. The van der Waals surface area contributed by atoms with Crippen molar-refractivity contribution in [3.63, 3.8) is 0 Å². The van der Waals surface area contributed by atoms with Crippen LogP contribution in [0.4, 0.5) is 11.4 Å². The van der Waals surface area contributed by atoms with Crippen LogP contribution in [0.5, 0.6) is 11.5 Å². The first kappa shape index (κ1) is 19.8. The number of anilines is 2. The van der Waals surface area contributed by atoms with E-state index in [1.807, 2.05) is 0 Å². The minimum atomic E-state index is -3.49. The van der Waals surface area contributed by atoms with Gasteiger partial charge in [0.25, 0.3) is 5.91 Å². The van der Waals surface area contributed by atoms with Crippen LogP contribution in [0.3, 0.4) is 0 Å². The molecule has 0 spiro atoms. The standard InChI is InChI=1S/C20H22N2O5S/c1-3-13-26-16-8-6-7-15(14-16)21-20(23)19-11-12-22(28(2,24)25)17-9-4-5-10-18(17)27-19/h3-10,14,19H,1,11-13H2,2H3,(H,21,23)/t19-/m0/s1. The van der Waals surface area contributed by atoms with Crippen LogP contribution in [-0.2, 0) is 14.8 Å². The molecule has 1 heterocycles. The van der Waals surface area contributed by atoms with E-state index in [2.05, 4.69) is 11.9 Å². The molecule has 1 amide bonds. The maximum Gasteiger partial charge on any atom is 0.265 e. The highest BCUT2D eigenvalue weighted by Gasteiger charge is 2.31. The van der Waals surface area contributed by atoms with Crippen molar-refractivity contribution in [1.29, 1.82) is 0 Å². The van der Waals surface area contributed by atoms with Crippen molar-refractivity contribution in [2.24, 2.45) is 0 Å². The fourth-order valence-electron chi connectivity index (χ4n) is 2.90. The number of ether oxygens (including phenoxy) is 2. The van der Waals surface area contributed by atoms with E-state index in [9.17, 15) is 13.2 Å². The number of fused-ring (bicyclic) bond motifs is 1. The number of carbonyl (C=O) groups is 1. The summed E-state index contributed by atoms with van der Waals surface area (Å²) in [6.07, 6.45) is 2.17. The third kappa shape index (κ3) is 4.64. The number of benzene rings is 2. The Bertz CT molecular complexity index is 974. The minimum absolute atomic E-state index is 0.149. The van der Waals surface area contributed by atoms with Gasteiger partial charge in [0, 0.05) is 24.7 Å². The van der Waals surface area contributed by atoms with Crippen LogP contribution in [0.15, 0.2) is 61.2 Å². The molecule has 2 aromatic rings. The molecule has 148 valence electrons. The highest BCUT2D eigenvalue weighted by Crippen LogP contribution is 2.34. The molecule has 0 bridgehead atoms. The third-order valence-electron chi connectivity index (χ3n) is 4.16. The lowest BCUT2D eigenvalue weighted by molar-refractivity contribution is -0.122. The van der Waals surface area contributed by atoms with Gasteiger partial charge in [-0.25, -0.2) is 8.42 Å². The van der Waals surface area contributed by atoms with Gasteiger partial charge < -0.3 is 14.8 Å². The molecule has 0 fully saturated rings. The SMILES string of the molecule is C=CCOc1cccc(NC(=O)[C@@H]2CCN(S(C)(=O)=O)c3ccccc3O2)c1. The molecule has 0 unspecified atom stereocenters. The molecule has 1 aliphatic heterocycles. The lowest BCUT2D eigenvalue weighted by atomic mass is 10.2. The Hall–Kier alpha value is -3.00. The lowest BCUT2D eigenvalue weighted by Gasteiger charge is -2.20. The largest absolute Gasteiger partial charge is 0.489 e. The summed E-state index contributed by atoms with van der Waals surface area (Å²) in [6, 6.07) is 13.8. The van der Waals surface area contributed by atoms with Crippen molar-refractivity contribution in [3.8, 4) is 11.5 Å². The van der Waals surface area contributed by atoms with Gasteiger partial charge in [0.05, 0.1) is 11.9 Å². The summed E-state index contributed by atoms with van der Waals surface area (Å²) in [5.41, 5.74) is 0.993. The number of para-hydroxylation sites is 2. The normalized spacial score (nSPS) is 16.3. The zero-order valence-corrected chi connectivity index (χ0v) is 16.3. The number of sulfonamides is 1. The van der Waals surface area contributed by atoms with Crippen LogP contribution < -0.4 is 19.1 Å². The predicted octanol–water partition coefficient (Wildman–Crippen LogP) is 2.81. The fourth-order valence-corrected chi connectivity index (χ4v) is 3.85. The van der Waals surface area contributed by atoms with Crippen LogP contribution in [0.2, 0.25) is 0 Å². The molecule has 1 aliphatic rings. The second-order valence-electron chi connectivity index (χ2n) is 6.31. The molecule has 1 atom stereocenters. The summed E-state index contributed by atoms with van der Waals surface area (Å²) >= 11 is 0. The van der Waals surface area contributed by atoms with Gasteiger partial charge in [-0.2, -0.15) is 0 Å². The van der Waals surface area contributed by atoms with Crippen molar-refractivity contribution in [2.75, 3.05) is 29.0 Å². The average Bonchev–Trinajstić information content (AvgIpc) is 2.86. The van der Waals surface area contributed by atoms with E-state index in [-0.39, 0.29) is 18.9 Å². The molecular weight excluding hydrogens is 380 g/mol. The Morgan fingerprint density at radius 2 is 2.11 bits per heavy atom. The lowest BCUT2D eigenvalue weighted by Crippen LogP contribution is -2.35. The van der Waals surface area contributed by atoms with E-state index in [1.165, 1.54) is 4.31 Å². The maximum atomic E-state index is 12.8. The van der Waals surface area contributed by atoms with Crippen molar-refractivity contribution in [3.05, 3.63) is 61.2 Å². The van der Waals surface area contributed by atoms with Gasteiger partial charge >= 0.3 is 0 Å². The smallest absolute Gasteiger partial charge is 0.265 e. The van der Waals surface area contributed by atoms with Crippen LogP contribution in [0.25, 0.3) is 0 Å². The summed E-state index contributed by atoms with van der Waals surface area (Å²) in [6.45, 7) is 4.11. The van der Waals surface area contributed by atoms with Crippen molar-refractivity contribution < 1.29 is 22.7 Å². The van der Waals surface area contributed by atoms with E-state index in [0.717, 1.165) is 6.26 Å². The van der Waals surface area contributed by atoms with Crippen molar-refractivity contribution in [2.45, 2.75) is 12.5 Å². The topological polar surface area (TPSA) is 84.9 Å². The first-order chi connectivity index (χ1) is 13.4. The van der Waals surface area contributed by atoms with Gasteiger partial charge in [0.2, 0.25) is 10.0 Å². The second kappa shape index (κ2) is 8.35. The zero-order chi connectivity index (χ0) is 20.1. The maximum absolute atomic E-state index is 12.8. The second-order valence-corrected chi connectivity index (χ2v) is 8.22. The van der Waals surface area contributed by atoms with Crippen LogP contribution in [-0.4, -0.2) is 39.8 Å². The Morgan fingerprint density at radius 1 is 1.32 bits per heavy atom. The summed E-state index contributed by atoms with van der Waals surface area (Å²) < 4.78 is 36.9. The number of amides is 1. The molecule has 0 aromatic heterocycles. The van der Waals surface area contributed by atoms with E-state index in [0.29, 0.717) is 29.5 Å². The fraction of sp³-hybridized carbons (Fsp3) is 0.250. The highest BCUT2D eigenvalue weighted by molar-refractivity contribution is 7.92. The van der Waals surface area contributed by atoms with E-state index < -0.39 is 16.1 Å². The molecule has 3 rings (SSSR count). The number of rotatable bonds is 6. The van der Waals surface area contributed by atoms with Crippen LogP contribution >= 0.6 is 0 Å². The molecule has 28 heavy (non-hydrogen) atoms. The molecular formula is C20H22N2O5S. The zero-order valence-electron chi connectivity index (χ0n) is 15.5. The molecule has 0 radical (unpaired) electrons. The molecule has 8 heteroatoms. The molecule has 0 saturated carbocycles. The van der Waals surface area contributed by atoms with Crippen LogP contribution in [0, 0.1) is 0 Å². The van der Waals surface area contributed by atoms with E-state index >= 15 is 0 Å². The first-order valence-electron chi connectivity index (χ1n) is 8.76. The minimum Gasteiger partial charge on any atom is -0.489 e. The number of carbonyl (C=O) groups excluding carboxylic acids is 1. The molecule has 0 saturated heterocycles. The van der Waals surface area contributed by atoms with Gasteiger partial charge in [-0.3, -0.25) is 9.10 Å². The van der Waals surface area contributed by atoms with E-state index in [4.69, 9.17) is 9.47 Å². The molecule has 1 N–H and O–H groups in total. The van der Waals surface area contributed by atoms with Gasteiger partial charge in [-0.1, -0.05) is 30.9 Å². The summed E-state index contributed by atoms with van der Waals surface area (Å²) in [4.78, 5) is 12.8. The first-order valence-corrected chi connectivity index (χ1v) is 10.6. The van der Waals surface area contributed by atoms with Gasteiger partial charge in [0.15, 0.2) is 6.10 Å². The number of nitrogens with zero attached hydrogens (tertiary/aromatic N) is 1. The summed E-state index contributed by atoms with van der Waals surface area (Å²) in [5, 5.41) is 2.80. The Labute approximate surface area is 164 Å². The van der Waals surface area contributed by atoms with Gasteiger partial charge in [-0.15, -0.1) is 0 Å². The highest BCUT2D eigenvalue weighted by atomic mass is 32.2. The number of nitrogens with one attached hydrogen (secondary N) is 1. The average molecular weight is 402 g/mol. The Morgan fingerprint density at radius 3 is 2.86 bits per heavy atom. The predicted molar refractivity (Wildman–Crippen MR) is 108 cm³/mol. The quantitative estimate of drug-likeness (QED) is 0.751. The van der Waals surface area contributed by atoms with Crippen molar-refractivity contribution in [1.82, 2.24) is 0 Å². The third-order valence-corrected chi connectivity index (χ3v) is 5.34. The van der Waals surface area contributed by atoms with E-state index in [1.54, 1.807) is 54.6 Å². The molecule has 0 aliphatic carbocycles. The monoisotopic (exact) mass is 402 g/mol. The van der Waals surface area contributed by atoms with Gasteiger partial charge in [0.1, 0.15) is 18.1 Å². The van der Waals surface area contributed by atoms with Crippen LogP contribution in [0.1, 0.15) is 6.42 Å². The molecule has 7 nitrogen and oxygen atoms in total. The summed E-state index contributed by atoms with van der Waals surface area (Å²) in [7, 11) is -3.49. The Kier molecular flexibility index (Phi) is 5.89. The summed E-state index contributed by atoms with van der Waals surface area (Å²) in [5.74, 6) is 0.604. The van der Waals surface area contributed by atoms with Crippen molar-refractivity contribution >= 4 is 27.3 Å². The molecule has 2 aromatic carbocycles.